The normalized spacial score (nSPS) is 11.8. The first-order chi connectivity index (χ1) is 6.00. The number of rotatable bonds is 6. The summed E-state index contributed by atoms with van der Waals surface area (Å²) in [7, 11) is -0.844. The molecule has 3 N–H and O–H groups in total. The molecule has 5 heteroatoms. The van der Waals surface area contributed by atoms with Crippen molar-refractivity contribution in [2.75, 3.05) is 13.2 Å². The third-order valence-electron chi connectivity index (χ3n) is 1.83. The lowest BCUT2D eigenvalue weighted by Gasteiger charge is -2.31. The van der Waals surface area contributed by atoms with Crippen LogP contribution in [-0.2, 0) is 4.65 Å². The topological polar surface area (TPSA) is 58.7 Å². The number of hydrogen-bond acceptors (Lipinski definition) is 4. The zero-order chi connectivity index (χ0) is 10.4. The average molecular weight is 188 g/mol. The summed E-state index contributed by atoms with van der Waals surface area (Å²) in [6.45, 7) is 8.91. The monoisotopic (exact) mass is 188 g/mol. The van der Waals surface area contributed by atoms with Gasteiger partial charge in [-0.2, -0.15) is 0 Å². The SMILES string of the molecule is CC(C)N(B(O)OCCN)C(C)C. The summed E-state index contributed by atoms with van der Waals surface area (Å²) in [5.74, 6) is 0. The third kappa shape index (κ3) is 4.62. The molecule has 0 aliphatic rings. The van der Waals surface area contributed by atoms with Gasteiger partial charge in [0.2, 0.25) is 0 Å². The predicted octanol–water partition coefficient (Wildman–Crippen LogP) is 0.0577. The second kappa shape index (κ2) is 6.37. The molecule has 0 rings (SSSR count). The Hall–Kier alpha value is -0.0951. The van der Waals surface area contributed by atoms with Crippen molar-refractivity contribution in [3.05, 3.63) is 0 Å². The molecule has 0 aromatic heterocycles. The van der Waals surface area contributed by atoms with Crippen LogP contribution < -0.4 is 5.73 Å². The van der Waals surface area contributed by atoms with Crippen LogP contribution in [0.15, 0.2) is 0 Å². The van der Waals surface area contributed by atoms with Crippen LogP contribution in [0.5, 0.6) is 0 Å². The number of hydrogen-bond donors (Lipinski definition) is 2. The van der Waals surface area contributed by atoms with Gasteiger partial charge in [-0.25, -0.2) is 0 Å². The predicted molar refractivity (Wildman–Crippen MR) is 55.1 cm³/mol. The average Bonchev–Trinajstić information content (AvgIpc) is 1.99. The molecular formula is C8H21BN2O2. The van der Waals surface area contributed by atoms with Gasteiger partial charge in [-0.05, 0) is 12.1 Å². The van der Waals surface area contributed by atoms with Crippen LogP contribution >= 0.6 is 0 Å². The third-order valence-corrected chi connectivity index (χ3v) is 1.83. The van der Waals surface area contributed by atoms with E-state index in [4.69, 9.17) is 10.4 Å². The molecule has 0 aromatic rings. The molecule has 0 aromatic carbocycles. The molecule has 0 bridgehead atoms. The van der Waals surface area contributed by atoms with Gasteiger partial charge in [-0.1, -0.05) is 27.7 Å². The fourth-order valence-electron chi connectivity index (χ4n) is 1.37. The summed E-state index contributed by atoms with van der Waals surface area (Å²) in [6.07, 6.45) is 0. The van der Waals surface area contributed by atoms with Crippen LogP contribution in [0.2, 0.25) is 0 Å². The highest BCUT2D eigenvalue weighted by Crippen LogP contribution is 2.06. The first-order valence-electron chi connectivity index (χ1n) is 4.77. The van der Waals surface area contributed by atoms with E-state index in [0.29, 0.717) is 13.2 Å². The summed E-state index contributed by atoms with van der Waals surface area (Å²) >= 11 is 0. The summed E-state index contributed by atoms with van der Waals surface area (Å²) in [5.41, 5.74) is 5.27. The van der Waals surface area contributed by atoms with Gasteiger partial charge in [0.05, 0.1) is 0 Å². The van der Waals surface area contributed by atoms with E-state index in [0.717, 1.165) is 0 Å². The molecule has 0 amide bonds. The number of nitrogens with zero attached hydrogens (tertiary/aromatic N) is 1. The van der Waals surface area contributed by atoms with Gasteiger partial charge in [0, 0.05) is 13.2 Å². The van der Waals surface area contributed by atoms with Crippen LogP contribution in [-0.4, -0.2) is 42.3 Å². The van der Waals surface area contributed by atoms with Crippen LogP contribution in [0.3, 0.4) is 0 Å². The molecule has 0 atom stereocenters. The Labute approximate surface area is 81.2 Å². The highest BCUT2D eigenvalue weighted by molar-refractivity contribution is 6.39. The lowest BCUT2D eigenvalue weighted by molar-refractivity contribution is 0.158. The highest BCUT2D eigenvalue weighted by atomic mass is 16.5. The molecule has 0 fully saturated rings. The Morgan fingerprint density at radius 2 is 1.77 bits per heavy atom. The molecule has 0 heterocycles. The molecule has 0 saturated heterocycles. The molecule has 0 saturated carbocycles. The fraction of sp³-hybridized carbons (Fsp3) is 1.00. The highest BCUT2D eigenvalue weighted by Gasteiger charge is 2.28. The Balaban J connectivity index is 4.04. The van der Waals surface area contributed by atoms with Crippen molar-refractivity contribution in [2.24, 2.45) is 5.73 Å². The lowest BCUT2D eigenvalue weighted by atomic mass is 9.98. The second-order valence-electron chi connectivity index (χ2n) is 3.62. The molecule has 0 aliphatic heterocycles. The van der Waals surface area contributed by atoms with E-state index in [1.165, 1.54) is 0 Å². The molecule has 0 radical (unpaired) electrons. The maximum absolute atomic E-state index is 9.63. The minimum Gasteiger partial charge on any atom is -0.413 e. The van der Waals surface area contributed by atoms with Crippen molar-refractivity contribution in [3.63, 3.8) is 0 Å². The Kier molecular flexibility index (Phi) is 6.33. The van der Waals surface area contributed by atoms with Crippen LogP contribution in [0, 0.1) is 0 Å². The van der Waals surface area contributed by atoms with Crippen LogP contribution in [0.1, 0.15) is 27.7 Å². The molecular weight excluding hydrogens is 167 g/mol. The van der Waals surface area contributed by atoms with E-state index in [2.05, 4.69) is 0 Å². The van der Waals surface area contributed by atoms with Gasteiger partial charge >= 0.3 is 7.25 Å². The minimum atomic E-state index is -0.844. The maximum Gasteiger partial charge on any atom is 0.555 e. The van der Waals surface area contributed by atoms with Crippen LogP contribution in [0.4, 0.5) is 0 Å². The molecule has 13 heavy (non-hydrogen) atoms. The quantitative estimate of drug-likeness (QED) is 0.578. The van der Waals surface area contributed by atoms with E-state index < -0.39 is 7.25 Å². The fourth-order valence-corrected chi connectivity index (χ4v) is 1.37. The first kappa shape index (κ1) is 12.9. The Morgan fingerprint density at radius 3 is 2.08 bits per heavy atom. The zero-order valence-corrected chi connectivity index (χ0v) is 9.03. The van der Waals surface area contributed by atoms with Crippen molar-refractivity contribution in [1.29, 1.82) is 0 Å². The van der Waals surface area contributed by atoms with Crippen molar-refractivity contribution in [1.82, 2.24) is 4.81 Å². The largest absolute Gasteiger partial charge is 0.555 e. The molecule has 78 valence electrons. The Morgan fingerprint density at radius 1 is 1.31 bits per heavy atom. The van der Waals surface area contributed by atoms with E-state index >= 15 is 0 Å². The Bertz CT molecular complexity index is 125. The van der Waals surface area contributed by atoms with Gasteiger partial charge in [0.25, 0.3) is 0 Å². The van der Waals surface area contributed by atoms with E-state index in [1.54, 1.807) is 0 Å². The van der Waals surface area contributed by atoms with Crippen LogP contribution in [0.25, 0.3) is 0 Å². The van der Waals surface area contributed by atoms with Crippen molar-refractivity contribution < 1.29 is 9.68 Å². The number of nitrogens with two attached hydrogens (primary N) is 1. The molecule has 4 nitrogen and oxygen atoms in total. The van der Waals surface area contributed by atoms with Crippen molar-refractivity contribution in [2.45, 2.75) is 39.8 Å². The van der Waals surface area contributed by atoms with Crippen molar-refractivity contribution in [3.8, 4) is 0 Å². The molecule has 0 unspecified atom stereocenters. The summed E-state index contributed by atoms with van der Waals surface area (Å²) in [6, 6.07) is 0.514. The summed E-state index contributed by atoms with van der Waals surface area (Å²) < 4.78 is 5.13. The second-order valence-corrected chi connectivity index (χ2v) is 3.62. The summed E-state index contributed by atoms with van der Waals surface area (Å²) in [5, 5.41) is 9.63. The minimum absolute atomic E-state index is 0.257. The van der Waals surface area contributed by atoms with E-state index in [-0.39, 0.29) is 12.1 Å². The van der Waals surface area contributed by atoms with E-state index in [9.17, 15) is 5.02 Å². The van der Waals surface area contributed by atoms with Gasteiger partial charge in [-0.3, -0.25) is 4.81 Å². The van der Waals surface area contributed by atoms with Gasteiger partial charge in [-0.15, -0.1) is 0 Å². The standard InChI is InChI=1S/C8H21BN2O2/c1-7(2)11(8(3)4)9(12)13-6-5-10/h7-8,12H,5-6,10H2,1-4H3. The van der Waals surface area contributed by atoms with Gasteiger partial charge in [0.1, 0.15) is 0 Å². The maximum atomic E-state index is 9.63. The smallest absolute Gasteiger partial charge is 0.413 e. The summed E-state index contributed by atoms with van der Waals surface area (Å²) in [4.78, 5) is 1.88. The molecule has 0 aliphatic carbocycles. The zero-order valence-electron chi connectivity index (χ0n) is 9.03. The van der Waals surface area contributed by atoms with Crippen molar-refractivity contribution >= 4 is 7.25 Å². The van der Waals surface area contributed by atoms with Gasteiger partial charge in [0.15, 0.2) is 0 Å². The van der Waals surface area contributed by atoms with E-state index in [1.807, 2.05) is 32.5 Å². The first-order valence-corrected chi connectivity index (χ1v) is 4.77. The van der Waals surface area contributed by atoms with Gasteiger partial charge < -0.3 is 15.4 Å². The molecule has 0 spiro atoms. The lowest BCUT2D eigenvalue weighted by Crippen LogP contribution is -2.50.